The van der Waals surface area contributed by atoms with E-state index >= 15 is 0 Å². The van der Waals surface area contributed by atoms with E-state index in [1.54, 1.807) is 19.1 Å². The van der Waals surface area contributed by atoms with E-state index in [1.165, 1.54) is 0 Å². The van der Waals surface area contributed by atoms with E-state index in [-0.39, 0.29) is 23.9 Å². The predicted octanol–water partition coefficient (Wildman–Crippen LogP) is 3.76. The van der Waals surface area contributed by atoms with Gasteiger partial charge in [-0.25, -0.2) is 0 Å². The van der Waals surface area contributed by atoms with Gasteiger partial charge in [0.1, 0.15) is 6.10 Å². The van der Waals surface area contributed by atoms with Gasteiger partial charge in [0.2, 0.25) is 0 Å². The first kappa shape index (κ1) is 17.2. The molecule has 0 aliphatic heterocycles. The maximum Gasteiger partial charge on any atom is 0.313 e. The molecule has 0 aliphatic rings. The maximum absolute atomic E-state index is 11.8. The van der Waals surface area contributed by atoms with Gasteiger partial charge in [0.15, 0.2) is 0 Å². The van der Waals surface area contributed by atoms with E-state index in [4.69, 9.17) is 9.47 Å². The van der Waals surface area contributed by atoms with E-state index in [0.29, 0.717) is 13.2 Å². The Morgan fingerprint density at radius 2 is 1.86 bits per heavy atom. The molecule has 114 valence electrons. The SMILES string of the molecule is C=C[C@H](OC(=O)[C@@H](C)C=C)[C@H](C)COCc1ccccc1. The van der Waals surface area contributed by atoms with Crippen LogP contribution in [0.3, 0.4) is 0 Å². The molecule has 3 atom stereocenters. The summed E-state index contributed by atoms with van der Waals surface area (Å²) in [5, 5.41) is 0. The van der Waals surface area contributed by atoms with Crippen LogP contribution in [0.2, 0.25) is 0 Å². The van der Waals surface area contributed by atoms with Crippen LogP contribution >= 0.6 is 0 Å². The third-order valence-electron chi connectivity index (χ3n) is 3.26. The summed E-state index contributed by atoms with van der Waals surface area (Å²) >= 11 is 0. The highest BCUT2D eigenvalue weighted by Gasteiger charge is 2.21. The van der Waals surface area contributed by atoms with E-state index in [1.807, 2.05) is 37.3 Å². The Labute approximate surface area is 127 Å². The normalized spacial score (nSPS) is 14.8. The van der Waals surface area contributed by atoms with Crippen LogP contribution in [0.1, 0.15) is 19.4 Å². The molecule has 0 spiro atoms. The van der Waals surface area contributed by atoms with Crippen LogP contribution < -0.4 is 0 Å². The van der Waals surface area contributed by atoms with Crippen molar-refractivity contribution in [3.8, 4) is 0 Å². The number of esters is 1. The summed E-state index contributed by atoms with van der Waals surface area (Å²) in [6.07, 6.45) is 2.86. The standard InChI is InChI=1S/C18H24O3/c1-5-14(3)18(19)21-17(6-2)15(4)12-20-13-16-10-8-7-9-11-16/h5-11,14-15,17H,1-2,12-13H2,3-4H3/t14-,15+,17-/m0/s1. The molecule has 1 aromatic rings. The highest BCUT2D eigenvalue weighted by molar-refractivity contribution is 5.74. The van der Waals surface area contributed by atoms with Gasteiger partial charge >= 0.3 is 5.97 Å². The molecule has 0 saturated heterocycles. The van der Waals surface area contributed by atoms with Crippen molar-refractivity contribution in [3.05, 3.63) is 61.2 Å². The van der Waals surface area contributed by atoms with E-state index in [0.717, 1.165) is 5.56 Å². The molecule has 0 N–H and O–H groups in total. The zero-order valence-electron chi connectivity index (χ0n) is 12.8. The molecule has 1 aromatic carbocycles. The molecule has 0 fully saturated rings. The lowest BCUT2D eigenvalue weighted by Gasteiger charge is -2.22. The number of rotatable bonds is 9. The lowest BCUT2D eigenvalue weighted by molar-refractivity contribution is -0.152. The Morgan fingerprint density at radius 3 is 2.43 bits per heavy atom. The molecule has 1 rings (SSSR count). The largest absolute Gasteiger partial charge is 0.457 e. The second kappa shape index (κ2) is 9.14. The van der Waals surface area contributed by atoms with E-state index < -0.39 is 0 Å². The minimum absolute atomic E-state index is 0.0483. The Kier molecular flexibility index (Phi) is 7.48. The zero-order chi connectivity index (χ0) is 15.7. The maximum atomic E-state index is 11.8. The minimum atomic E-state index is -0.351. The average Bonchev–Trinajstić information content (AvgIpc) is 2.52. The van der Waals surface area contributed by atoms with Crippen molar-refractivity contribution in [2.24, 2.45) is 11.8 Å². The average molecular weight is 288 g/mol. The molecule has 0 bridgehead atoms. The van der Waals surface area contributed by atoms with Gasteiger partial charge in [-0.1, -0.05) is 56.0 Å². The number of hydrogen-bond acceptors (Lipinski definition) is 3. The number of hydrogen-bond donors (Lipinski definition) is 0. The summed E-state index contributed by atoms with van der Waals surface area (Å²) < 4.78 is 11.1. The summed E-state index contributed by atoms with van der Waals surface area (Å²) in [7, 11) is 0. The van der Waals surface area contributed by atoms with Crippen LogP contribution in [0.25, 0.3) is 0 Å². The van der Waals surface area contributed by atoms with Crippen molar-refractivity contribution in [2.45, 2.75) is 26.6 Å². The predicted molar refractivity (Wildman–Crippen MR) is 84.7 cm³/mol. The topological polar surface area (TPSA) is 35.5 Å². The van der Waals surface area contributed by atoms with Crippen molar-refractivity contribution in [3.63, 3.8) is 0 Å². The van der Waals surface area contributed by atoms with Gasteiger partial charge in [-0.2, -0.15) is 0 Å². The van der Waals surface area contributed by atoms with Crippen molar-refractivity contribution in [1.82, 2.24) is 0 Å². The summed E-state index contributed by atoms with van der Waals surface area (Å²) in [5.41, 5.74) is 1.12. The van der Waals surface area contributed by atoms with Gasteiger partial charge < -0.3 is 9.47 Å². The summed E-state index contributed by atoms with van der Waals surface area (Å²) in [6.45, 7) is 12.1. The molecule has 3 nitrogen and oxygen atoms in total. The molecule has 0 heterocycles. The van der Waals surface area contributed by atoms with Gasteiger partial charge in [-0.15, -0.1) is 6.58 Å². The monoisotopic (exact) mass is 288 g/mol. The number of benzene rings is 1. The molecule has 0 aromatic heterocycles. The van der Waals surface area contributed by atoms with Gasteiger partial charge in [-0.05, 0) is 12.5 Å². The Bertz CT molecular complexity index is 453. The zero-order valence-corrected chi connectivity index (χ0v) is 12.8. The van der Waals surface area contributed by atoms with E-state index in [9.17, 15) is 4.79 Å². The molecule has 21 heavy (non-hydrogen) atoms. The molecule has 0 unspecified atom stereocenters. The van der Waals surface area contributed by atoms with Gasteiger partial charge in [0.25, 0.3) is 0 Å². The molecule has 0 aliphatic carbocycles. The van der Waals surface area contributed by atoms with E-state index in [2.05, 4.69) is 13.2 Å². The van der Waals surface area contributed by atoms with Crippen LogP contribution in [0.15, 0.2) is 55.6 Å². The Morgan fingerprint density at radius 1 is 1.19 bits per heavy atom. The Balaban J connectivity index is 2.40. The highest BCUT2D eigenvalue weighted by atomic mass is 16.5. The summed E-state index contributed by atoms with van der Waals surface area (Å²) in [4.78, 5) is 11.8. The number of carbonyl (C=O) groups excluding carboxylic acids is 1. The summed E-state index contributed by atoms with van der Waals surface area (Å²) in [6, 6.07) is 9.96. The van der Waals surface area contributed by atoms with Crippen molar-refractivity contribution >= 4 is 5.97 Å². The number of ether oxygens (including phenoxy) is 2. The van der Waals surface area contributed by atoms with Crippen LogP contribution in [-0.2, 0) is 20.9 Å². The lowest BCUT2D eigenvalue weighted by atomic mass is 10.1. The minimum Gasteiger partial charge on any atom is -0.457 e. The third kappa shape index (κ3) is 5.96. The summed E-state index contributed by atoms with van der Waals surface area (Å²) in [5.74, 6) is -0.554. The van der Waals surface area contributed by atoms with Gasteiger partial charge in [-0.3, -0.25) is 4.79 Å². The first-order valence-corrected chi connectivity index (χ1v) is 7.15. The molecule has 0 radical (unpaired) electrons. The highest BCUT2D eigenvalue weighted by Crippen LogP contribution is 2.13. The fourth-order valence-corrected chi connectivity index (χ4v) is 1.77. The van der Waals surface area contributed by atoms with Gasteiger partial charge in [0.05, 0.1) is 19.1 Å². The molecule has 0 amide bonds. The molecule has 3 heteroatoms. The van der Waals surface area contributed by atoms with Crippen molar-refractivity contribution in [2.75, 3.05) is 6.61 Å². The second-order valence-electron chi connectivity index (χ2n) is 5.14. The quantitative estimate of drug-likeness (QED) is 0.512. The molecular weight excluding hydrogens is 264 g/mol. The van der Waals surface area contributed by atoms with Crippen LogP contribution in [-0.4, -0.2) is 18.7 Å². The second-order valence-corrected chi connectivity index (χ2v) is 5.14. The first-order valence-electron chi connectivity index (χ1n) is 7.15. The molecule has 0 saturated carbocycles. The lowest BCUT2D eigenvalue weighted by Crippen LogP contribution is -2.28. The van der Waals surface area contributed by atoms with Crippen molar-refractivity contribution < 1.29 is 14.3 Å². The number of carbonyl (C=O) groups is 1. The first-order chi connectivity index (χ1) is 10.1. The fourth-order valence-electron chi connectivity index (χ4n) is 1.77. The van der Waals surface area contributed by atoms with Crippen LogP contribution in [0.5, 0.6) is 0 Å². The van der Waals surface area contributed by atoms with Crippen LogP contribution in [0.4, 0.5) is 0 Å². The van der Waals surface area contributed by atoms with Crippen molar-refractivity contribution in [1.29, 1.82) is 0 Å². The smallest absolute Gasteiger partial charge is 0.313 e. The van der Waals surface area contributed by atoms with Gasteiger partial charge in [0, 0.05) is 5.92 Å². The third-order valence-corrected chi connectivity index (χ3v) is 3.26. The van der Waals surface area contributed by atoms with Crippen LogP contribution in [0, 0.1) is 11.8 Å². The fraction of sp³-hybridized carbons (Fsp3) is 0.389. The Hall–Kier alpha value is -1.87. The molecular formula is C18H24O3.